The van der Waals surface area contributed by atoms with Crippen LogP contribution in [0.15, 0.2) is 23.2 Å². The molecular weight excluding hydrogens is 176 g/mol. The Bertz CT molecular complexity index is 366. The Morgan fingerprint density at radius 2 is 2.14 bits per heavy atom. The minimum absolute atomic E-state index is 0.316. The van der Waals surface area contributed by atoms with Crippen LogP contribution in [0.25, 0.3) is 0 Å². The maximum Gasteiger partial charge on any atom is 0.240 e. The summed E-state index contributed by atoms with van der Waals surface area (Å²) in [6.45, 7) is 6.07. The van der Waals surface area contributed by atoms with Crippen LogP contribution >= 0.6 is 0 Å². The fraction of sp³-hybridized carbons (Fsp3) is 0.364. The van der Waals surface area contributed by atoms with Gasteiger partial charge in [0.05, 0.1) is 11.4 Å². The lowest BCUT2D eigenvalue weighted by Crippen LogP contribution is -2.10. The van der Waals surface area contributed by atoms with E-state index >= 15 is 0 Å². The molecule has 3 nitrogen and oxygen atoms in total. The van der Waals surface area contributed by atoms with E-state index in [4.69, 9.17) is 0 Å². The third-order valence-corrected chi connectivity index (χ3v) is 1.85. The van der Waals surface area contributed by atoms with Crippen molar-refractivity contribution in [2.24, 2.45) is 4.99 Å². The van der Waals surface area contributed by atoms with Gasteiger partial charge in [-0.05, 0) is 32.4 Å². The number of aryl methyl sites for hydroxylation is 1. The Kier molecular flexibility index (Phi) is 3.43. The fourth-order valence-corrected chi connectivity index (χ4v) is 1.27. The van der Waals surface area contributed by atoms with Crippen LogP contribution in [0.1, 0.15) is 19.4 Å². The lowest BCUT2D eigenvalue weighted by Gasteiger charge is -2.14. The third-order valence-electron chi connectivity index (χ3n) is 1.85. The maximum absolute atomic E-state index is 10.2. The standard InChI is InChI=1S/C11H14N2O/c1-8(2)13-11-9(3)5-4-6-10(11)12-7-14/h4-6,8,13H,1-3H3. The Balaban J connectivity index is 3.14. The van der Waals surface area contributed by atoms with Gasteiger partial charge >= 0.3 is 0 Å². The van der Waals surface area contributed by atoms with Gasteiger partial charge in [-0.3, -0.25) is 0 Å². The van der Waals surface area contributed by atoms with Crippen LogP contribution in [-0.2, 0) is 4.79 Å². The predicted molar refractivity (Wildman–Crippen MR) is 57.7 cm³/mol. The predicted octanol–water partition coefficient (Wildman–Crippen LogP) is 2.78. The number of rotatable bonds is 3. The van der Waals surface area contributed by atoms with Gasteiger partial charge in [0.15, 0.2) is 0 Å². The van der Waals surface area contributed by atoms with Crippen LogP contribution in [0.5, 0.6) is 0 Å². The molecule has 0 aliphatic carbocycles. The Hall–Kier alpha value is -1.60. The third kappa shape index (κ3) is 2.44. The summed E-state index contributed by atoms with van der Waals surface area (Å²) in [5, 5.41) is 3.25. The first-order valence-electron chi connectivity index (χ1n) is 4.59. The molecule has 0 aromatic heterocycles. The molecule has 0 spiro atoms. The van der Waals surface area contributed by atoms with Crippen LogP contribution in [-0.4, -0.2) is 12.1 Å². The summed E-state index contributed by atoms with van der Waals surface area (Å²) in [5.41, 5.74) is 2.63. The summed E-state index contributed by atoms with van der Waals surface area (Å²) in [7, 11) is 0. The van der Waals surface area contributed by atoms with E-state index in [1.54, 1.807) is 12.1 Å². The van der Waals surface area contributed by atoms with Crippen molar-refractivity contribution in [2.45, 2.75) is 26.8 Å². The zero-order chi connectivity index (χ0) is 10.6. The molecule has 14 heavy (non-hydrogen) atoms. The molecule has 0 saturated heterocycles. The average Bonchev–Trinajstić information content (AvgIpc) is 2.11. The summed E-state index contributed by atoms with van der Waals surface area (Å²) in [6.07, 6.45) is 1.56. The van der Waals surface area contributed by atoms with Crippen molar-refractivity contribution < 1.29 is 4.79 Å². The summed E-state index contributed by atoms with van der Waals surface area (Å²) in [4.78, 5) is 13.9. The number of nitrogens with one attached hydrogen (secondary N) is 1. The highest BCUT2D eigenvalue weighted by atomic mass is 16.1. The number of nitrogens with zero attached hydrogens (tertiary/aromatic N) is 1. The number of hydrogen-bond acceptors (Lipinski definition) is 3. The van der Waals surface area contributed by atoms with Crippen LogP contribution < -0.4 is 5.32 Å². The van der Waals surface area contributed by atoms with Gasteiger partial charge in [0.2, 0.25) is 6.08 Å². The zero-order valence-corrected chi connectivity index (χ0v) is 8.66. The van der Waals surface area contributed by atoms with E-state index in [2.05, 4.69) is 10.3 Å². The van der Waals surface area contributed by atoms with Crippen molar-refractivity contribution in [1.29, 1.82) is 0 Å². The van der Waals surface area contributed by atoms with E-state index in [1.807, 2.05) is 32.9 Å². The molecule has 0 heterocycles. The summed E-state index contributed by atoms with van der Waals surface area (Å²) in [5.74, 6) is 0. The van der Waals surface area contributed by atoms with Crippen molar-refractivity contribution in [1.82, 2.24) is 0 Å². The first kappa shape index (κ1) is 10.5. The number of anilines is 1. The minimum atomic E-state index is 0.316. The van der Waals surface area contributed by atoms with Gasteiger partial charge in [-0.15, -0.1) is 0 Å². The molecule has 0 atom stereocenters. The lowest BCUT2D eigenvalue weighted by atomic mass is 10.1. The van der Waals surface area contributed by atoms with Crippen LogP contribution in [0.2, 0.25) is 0 Å². The van der Waals surface area contributed by atoms with E-state index in [-0.39, 0.29) is 0 Å². The van der Waals surface area contributed by atoms with Crippen molar-refractivity contribution in [2.75, 3.05) is 5.32 Å². The van der Waals surface area contributed by atoms with E-state index in [9.17, 15) is 4.79 Å². The Labute approximate surface area is 83.9 Å². The molecular formula is C11H14N2O. The molecule has 0 aliphatic rings. The highest BCUT2D eigenvalue weighted by molar-refractivity contribution is 5.71. The van der Waals surface area contributed by atoms with Gasteiger partial charge in [0, 0.05) is 6.04 Å². The molecule has 1 aromatic rings. The van der Waals surface area contributed by atoms with E-state index < -0.39 is 0 Å². The molecule has 0 radical (unpaired) electrons. The molecule has 1 aromatic carbocycles. The van der Waals surface area contributed by atoms with Gasteiger partial charge in [0.1, 0.15) is 0 Å². The summed E-state index contributed by atoms with van der Waals surface area (Å²) in [6, 6.07) is 5.96. The Morgan fingerprint density at radius 1 is 1.43 bits per heavy atom. The molecule has 0 aliphatic heterocycles. The number of para-hydroxylation sites is 1. The number of benzene rings is 1. The topological polar surface area (TPSA) is 41.5 Å². The maximum atomic E-state index is 10.2. The number of isocyanates is 1. The monoisotopic (exact) mass is 190 g/mol. The zero-order valence-electron chi connectivity index (χ0n) is 8.66. The van der Waals surface area contributed by atoms with Crippen molar-refractivity contribution >= 4 is 17.5 Å². The van der Waals surface area contributed by atoms with Gasteiger partial charge < -0.3 is 5.32 Å². The lowest BCUT2D eigenvalue weighted by molar-refractivity contribution is 0.565. The van der Waals surface area contributed by atoms with Crippen LogP contribution in [0, 0.1) is 6.92 Å². The van der Waals surface area contributed by atoms with Crippen molar-refractivity contribution in [3.63, 3.8) is 0 Å². The molecule has 3 heteroatoms. The second kappa shape index (κ2) is 4.58. The fourth-order valence-electron chi connectivity index (χ4n) is 1.27. The highest BCUT2D eigenvalue weighted by Gasteiger charge is 2.05. The highest BCUT2D eigenvalue weighted by Crippen LogP contribution is 2.28. The van der Waals surface area contributed by atoms with Gasteiger partial charge in [0.25, 0.3) is 0 Å². The SMILES string of the molecule is Cc1cccc(N=C=O)c1NC(C)C. The second-order valence-electron chi connectivity index (χ2n) is 3.47. The van der Waals surface area contributed by atoms with Gasteiger partial charge in [-0.2, -0.15) is 4.99 Å². The second-order valence-corrected chi connectivity index (χ2v) is 3.47. The Morgan fingerprint density at radius 3 is 2.71 bits per heavy atom. The van der Waals surface area contributed by atoms with E-state index in [0.717, 1.165) is 11.3 Å². The van der Waals surface area contributed by atoms with Gasteiger partial charge in [-0.1, -0.05) is 12.1 Å². The first-order valence-corrected chi connectivity index (χ1v) is 4.59. The smallest absolute Gasteiger partial charge is 0.240 e. The average molecular weight is 190 g/mol. The molecule has 74 valence electrons. The normalized spacial score (nSPS) is 9.71. The van der Waals surface area contributed by atoms with Crippen LogP contribution in [0.3, 0.4) is 0 Å². The molecule has 0 unspecified atom stereocenters. The molecule has 0 bridgehead atoms. The number of aliphatic imine (C=N–C) groups is 1. The molecule has 0 saturated carbocycles. The van der Waals surface area contributed by atoms with E-state index in [0.29, 0.717) is 11.7 Å². The molecule has 0 fully saturated rings. The molecule has 1 rings (SSSR count). The van der Waals surface area contributed by atoms with Crippen molar-refractivity contribution in [3.05, 3.63) is 23.8 Å². The molecule has 0 amide bonds. The quantitative estimate of drug-likeness (QED) is 0.588. The number of hydrogen-bond donors (Lipinski definition) is 1. The largest absolute Gasteiger partial charge is 0.381 e. The summed E-state index contributed by atoms with van der Waals surface area (Å²) < 4.78 is 0. The first-order chi connectivity index (χ1) is 6.65. The minimum Gasteiger partial charge on any atom is -0.381 e. The molecule has 1 N–H and O–H groups in total. The van der Waals surface area contributed by atoms with Gasteiger partial charge in [-0.25, -0.2) is 4.79 Å². The summed E-state index contributed by atoms with van der Waals surface area (Å²) >= 11 is 0. The van der Waals surface area contributed by atoms with E-state index in [1.165, 1.54) is 0 Å². The van der Waals surface area contributed by atoms with Crippen molar-refractivity contribution in [3.8, 4) is 0 Å². The number of carbonyl (C=O) groups excluding carboxylic acids is 1. The van der Waals surface area contributed by atoms with Crippen LogP contribution in [0.4, 0.5) is 11.4 Å².